The standard InChI is InChI=1S/C24H31N3O3/c1-15-12-19(21(25-14-15)16-8-10-30-11-9-16)26-23(29)27-22-17-6-4-5-7-18(17)24(2,3)13-20(22)28/h4-7,12,14,16,20,22,28H,8-11,13H2,1-3H3,(H2,26,27,29)/t20-,22?/m1/s1. The lowest BCUT2D eigenvalue weighted by atomic mass is 9.70. The molecule has 1 unspecified atom stereocenters. The maximum absolute atomic E-state index is 13.0. The van der Waals surface area contributed by atoms with Crippen molar-refractivity contribution in [2.75, 3.05) is 18.5 Å². The molecule has 1 saturated heterocycles. The molecule has 1 aliphatic carbocycles. The summed E-state index contributed by atoms with van der Waals surface area (Å²) >= 11 is 0. The van der Waals surface area contributed by atoms with Crippen molar-refractivity contribution in [3.63, 3.8) is 0 Å². The smallest absolute Gasteiger partial charge is 0.319 e. The molecule has 1 aromatic carbocycles. The molecule has 1 fully saturated rings. The fourth-order valence-corrected chi connectivity index (χ4v) is 4.79. The van der Waals surface area contributed by atoms with Crippen LogP contribution < -0.4 is 10.6 Å². The quantitative estimate of drug-likeness (QED) is 0.710. The van der Waals surface area contributed by atoms with Crippen molar-refractivity contribution in [2.45, 2.75) is 63.5 Å². The van der Waals surface area contributed by atoms with Crippen LogP contribution in [-0.2, 0) is 10.2 Å². The molecule has 2 heterocycles. The van der Waals surface area contributed by atoms with Crippen LogP contribution in [-0.4, -0.2) is 35.4 Å². The van der Waals surface area contributed by atoms with E-state index in [1.165, 1.54) is 5.56 Å². The minimum absolute atomic E-state index is 0.138. The van der Waals surface area contributed by atoms with Crippen molar-refractivity contribution in [1.82, 2.24) is 10.3 Å². The van der Waals surface area contributed by atoms with Crippen molar-refractivity contribution >= 4 is 11.7 Å². The lowest BCUT2D eigenvalue weighted by Gasteiger charge is -2.40. The van der Waals surface area contributed by atoms with Gasteiger partial charge in [0, 0.05) is 25.3 Å². The average Bonchev–Trinajstić information content (AvgIpc) is 2.72. The Morgan fingerprint density at radius 2 is 1.97 bits per heavy atom. The Labute approximate surface area is 178 Å². The number of amides is 2. The van der Waals surface area contributed by atoms with Crippen LogP contribution in [0, 0.1) is 6.92 Å². The number of nitrogens with zero attached hydrogens (tertiary/aromatic N) is 1. The third kappa shape index (κ3) is 4.20. The van der Waals surface area contributed by atoms with Gasteiger partial charge in [-0.05, 0) is 54.4 Å². The zero-order valence-electron chi connectivity index (χ0n) is 17.9. The molecule has 4 rings (SSSR count). The van der Waals surface area contributed by atoms with Crippen molar-refractivity contribution in [3.05, 3.63) is 58.9 Å². The number of aromatic nitrogens is 1. The Kier molecular flexibility index (Phi) is 5.80. The number of rotatable bonds is 3. The number of hydrogen-bond acceptors (Lipinski definition) is 4. The second-order valence-electron chi connectivity index (χ2n) is 9.15. The van der Waals surface area contributed by atoms with Gasteiger partial charge < -0.3 is 20.5 Å². The molecule has 0 spiro atoms. The van der Waals surface area contributed by atoms with E-state index in [0.29, 0.717) is 19.6 Å². The molecule has 3 N–H and O–H groups in total. The minimum atomic E-state index is -0.647. The van der Waals surface area contributed by atoms with E-state index >= 15 is 0 Å². The molecule has 160 valence electrons. The van der Waals surface area contributed by atoms with Gasteiger partial charge in [-0.3, -0.25) is 4.98 Å². The first kappa shape index (κ1) is 20.8. The first-order chi connectivity index (χ1) is 14.3. The molecule has 2 amide bonds. The highest BCUT2D eigenvalue weighted by Crippen LogP contribution is 2.41. The van der Waals surface area contributed by atoms with E-state index in [9.17, 15) is 9.90 Å². The van der Waals surface area contributed by atoms with E-state index in [1.54, 1.807) is 0 Å². The third-order valence-electron chi connectivity index (χ3n) is 6.33. The summed E-state index contributed by atoms with van der Waals surface area (Å²) in [6.45, 7) is 7.65. The van der Waals surface area contributed by atoms with Gasteiger partial charge in [-0.1, -0.05) is 38.1 Å². The van der Waals surface area contributed by atoms with E-state index in [2.05, 4.69) is 35.5 Å². The van der Waals surface area contributed by atoms with Crippen molar-refractivity contribution < 1.29 is 14.6 Å². The molecule has 0 radical (unpaired) electrons. The summed E-state index contributed by atoms with van der Waals surface area (Å²) in [5.41, 5.74) is 4.64. The number of pyridine rings is 1. The zero-order chi connectivity index (χ0) is 21.3. The number of aryl methyl sites for hydroxylation is 1. The van der Waals surface area contributed by atoms with Gasteiger partial charge in [-0.15, -0.1) is 0 Å². The topological polar surface area (TPSA) is 83.5 Å². The molecular formula is C24H31N3O3. The average molecular weight is 410 g/mol. The van der Waals surface area contributed by atoms with Gasteiger partial charge >= 0.3 is 6.03 Å². The molecule has 6 heteroatoms. The number of carbonyl (C=O) groups excluding carboxylic acids is 1. The second kappa shape index (κ2) is 8.36. The molecule has 1 aromatic heterocycles. The number of hydrogen-bond donors (Lipinski definition) is 3. The number of ether oxygens (including phenoxy) is 1. The van der Waals surface area contributed by atoms with Crippen LogP contribution in [0.1, 0.15) is 67.5 Å². The van der Waals surface area contributed by atoms with Crippen LogP contribution in [0.4, 0.5) is 10.5 Å². The van der Waals surface area contributed by atoms with E-state index in [0.717, 1.165) is 35.3 Å². The van der Waals surface area contributed by atoms with Gasteiger partial charge in [-0.25, -0.2) is 4.79 Å². The molecule has 0 bridgehead atoms. The van der Waals surface area contributed by atoms with Gasteiger partial charge in [0.1, 0.15) is 0 Å². The predicted octanol–water partition coefficient (Wildman–Crippen LogP) is 4.19. The van der Waals surface area contributed by atoms with Crippen LogP contribution in [0.5, 0.6) is 0 Å². The van der Waals surface area contributed by atoms with Crippen LogP contribution in [0.15, 0.2) is 36.5 Å². The largest absolute Gasteiger partial charge is 0.391 e. The Morgan fingerprint density at radius 1 is 1.23 bits per heavy atom. The van der Waals surface area contributed by atoms with Crippen LogP contribution >= 0.6 is 0 Å². The molecule has 6 nitrogen and oxygen atoms in total. The van der Waals surface area contributed by atoms with Gasteiger partial charge in [-0.2, -0.15) is 0 Å². The number of benzene rings is 1. The number of nitrogens with one attached hydrogen (secondary N) is 2. The lowest BCUT2D eigenvalue weighted by Crippen LogP contribution is -2.45. The Hall–Kier alpha value is -2.44. The highest BCUT2D eigenvalue weighted by atomic mass is 16.5. The molecular weight excluding hydrogens is 378 g/mol. The zero-order valence-corrected chi connectivity index (χ0v) is 17.9. The first-order valence-corrected chi connectivity index (χ1v) is 10.7. The highest BCUT2D eigenvalue weighted by Gasteiger charge is 2.39. The first-order valence-electron chi connectivity index (χ1n) is 10.7. The van der Waals surface area contributed by atoms with E-state index < -0.39 is 12.1 Å². The number of aliphatic hydroxyl groups excluding tert-OH is 1. The Bertz CT molecular complexity index is 922. The molecule has 2 atom stereocenters. The van der Waals surface area contributed by atoms with Crippen LogP contribution in [0.2, 0.25) is 0 Å². The highest BCUT2D eigenvalue weighted by molar-refractivity contribution is 5.90. The summed E-state index contributed by atoms with van der Waals surface area (Å²) in [6, 6.07) is 9.23. The number of aliphatic hydroxyl groups is 1. The number of carbonyl (C=O) groups is 1. The van der Waals surface area contributed by atoms with Crippen molar-refractivity contribution in [2.24, 2.45) is 0 Å². The second-order valence-corrected chi connectivity index (χ2v) is 9.15. The van der Waals surface area contributed by atoms with Gasteiger partial charge in [0.25, 0.3) is 0 Å². The van der Waals surface area contributed by atoms with E-state index in [-0.39, 0.29) is 17.4 Å². The summed E-state index contributed by atoms with van der Waals surface area (Å²) in [5, 5.41) is 16.8. The maximum Gasteiger partial charge on any atom is 0.319 e. The fraction of sp³-hybridized carbons (Fsp3) is 0.500. The fourth-order valence-electron chi connectivity index (χ4n) is 4.79. The molecule has 2 aromatic rings. The summed E-state index contributed by atoms with van der Waals surface area (Å²) in [7, 11) is 0. The summed E-state index contributed by atoms with van der Waals surface area (Å²) < 4.78 is 5.47. The maximum atomic E-state index is 13.0. The normalized spacial score (nSPS) is 23.5. The van der Waals surface area contributed by atoms with Crippen LogP contribution in [0.25, 0.3) is 0 Å². The SMILES string of the molecule is Cc1cnc(C2CCOCC2)c(NC(=O)NC2c3ccccc3C(C)(C)C[C@H]2O)c1. The van der Waals surface area contributed by atoms with Crippen LogP contribution in [0.3, 0.4) is 0 Å². The van der Waals surface area contributed by atoms with Gasteiger partial charge in [0.2, 0.25) is 0 Å². The summed E-state index contributed by atoms with van der Waals surface area (Å²) in [6.07, 6.45) is 3.59. The predicted molar refractivity (Wildman–Crippen MR) is 117 cm³/mol. The third-order valence-corrected chi connectivity index (χ3v) is 6.33. The number of urea groups is 1. The van der Waals surface area contributed by atoms with E-state index in [1.807, 2.05) is 37.4 Å². The molecule has 2 aliphatic rings. The van der Waals surface area contributed by atoms with Crippen molar-refractivity contribution in [3.8, 4) is 0 Å². The summed E-state index contributed by atoms with van der Waals surface area (Å²) in [5.74, 6) is 0.274. The number of fused-ring (bicyclic) bond motifs is 1. The van der Waals surface area contributed by atoms with Gasteiger partial charge in [0.15, 0.2) is 0 Å². The molecule has 30 heavy (non-hydrogen) atoms. The Morgan fingerprint density at radius 3 is 2.73 bits per heavy atom. The monoisotopic (exact) mass is 409 g/mol. The lowest BCUT2D eigenvalue weighted by molar-refractivity contribution is 0.0846. The van der Waals surface area contributed by atoms with E-state index in [4.69, 9.17) is 4.74 Å². The van der Waals surface area contributed by atoms with Crippen molar-refractivity contribution in [1.29, 1.82) is 0 Å². The summed E-state index contributed by atoms with van der Waals surface area (Å²) in [4.78, 5) is 17.6. The minimum Gasteiger partial charge on any atom is -0.391 e. The molecule has 0 saturated carbocycles. The molecule has 1 aliphatic heterocycles. The Balaban J connectivity index is 1.55. The number of anilines is 1. The van der Waals surface area contributed by atoms with Gasteiger partial charge in [0.05, 0.1) is 23.5 Å².